The molecule has 1 fully saturated rings. The van der Waals surface area contributed by atoms with Gasteiger partial charge in [-0.15, -0.1) is 0 Å². The predicted octanol–water partition coefficient (Wildman–Crippen LogP) is 4.31. The first-order valence-corrected chi connectivity index (χ1v) is 13.5. The van der Waals surface area contributed by atoms with Gasteiger partial charge in [-0.1, -0.05) is 63.8 Å². The van der Waals surface area contributed by atoms with E-state index in [0.717, 1.165) is 83.7 Å². The van der Waals surface area contributed by atoms with E-state index >= 15 is 0 Å². The zero-order valence-electron chi connectivity index (χ0n) is 21.1. The van der Waals surface area contributed by atoms with Crippen LogP contribution in [-0.4, -0.2) is 52.7 Å². The first kappa shape index (κ1) is 24.7. The average Bonchev–Trinajstić information content (AvgIpc) is 3.42. The van der Waals surface area contributed by atoms with Gasteiger partial charge in [0.15, 0.2) is 5.96 Å². The van der Waals surface area contributed by atoms with Gasteiger partial charge in [0, 0.05) is 25.6 Å². The monoisotopic (exact) mass is 466 g/mol. The van der Waals surface area contributed by atoms with Crippen LogP contribution in [0.15, 0.2) is 29.3 Å². The number of carbonyl (C=O) groups is 2. The Bertz CT molecular complexity index is 903. The lowest BCUT2D eigenvalue weighted by Gasteiger charge is -2.28. The van der Waals surface area contributed by atoms with Gasteiger partial charge in [0.1, 0.15) is 5.54 Å². The van der Waals surface area contributed by atoms with Gasteiger partial charge in [-0.25, -0.2) is 4.99 Å². The second-order valence-corrected chi connectivity index (χ2v) is 10.6. The molecule has 1 saturated heterocycles. The Labute approximate surface area is 205 Å². The Kier molecular flexibility index (Phi) is 7.95. The predicted molar refractivity (Wildman–Crippen MR) is 136 cm³/mol. The average molecular weight is 467 g/mol. The Hall–Kier alpha value is -2.37. The number of fused-ring (bicyclic) bond motifs is 1. The van der Waals surface area contributed by atoms with Crippen LogP contribution in [0.5, 0.6) is 0 Å². The van der Waals surface area contributed by atoms with Crippen molar-refractivity contribution < 1.29 is 9.59 Å². The number of aliphatic imine (C=N–C) groups is 1. The summed E-state index contributed by atoms with van der Waals surface area (Å²) in [6.45, 7) is 6.54. The Morgan fingerprint density at radius 2 is 1.82 bits per heavy atom. The third kappa shape index (κ3) is 5.16. The molecule has 0 aromatic heterocycles. The van der Waals surface area contributed by atoms with E-state index < -0.39 is 5.54 Å². The highest BCUT2D eigenvalue weighted by molar-refractivity contribution is 6.06. The molecule has 0 saturated carbocycles. The van der Waals surface area contributed by atoms with Gasteiger partial charge in [0.25, 0.3) is 5.91 Å². The van der Waals surface area contributed by atoms with Crippen LogP contribution in [0, 0.1) is 11.8 Å². The molecule has 1 aliphatic carbocycles. The van der Waals surface area contributed by atoms with Crippen molar-refractivity contribution in [1.29, 1.82) is 0 Å². The normalized spacial score (nSPS) is 23.8. The maximum atomic E-state index is 13.4. The van der Waals surface area contributed by atoms with Crippen molar-refractivity contribution in [3.8, 4) is 0 Å². The van der Waals surface area contributed by atoms with Crippen molar-refractivity contribution >= 4 is 17.8 Å². The number of unbranched alkanes of at least 4 members (excludes halogenated alkanes) is 2. The summed E-state index contributed by atoms with van der Waals surface area (Å²) in [7, 11) is 0. The molecule has 2 aliphatic heterocycles. The molecule has 2 heterocycles. The van der Waals surface area contributed by atoms with Gasteiger partial charge in [-0.05, 0) is 62.0 Å². The summed E-state index contributed by atoms with van der Waals surface area (Å²) in [5.74, 6) is 1.33. The van der Waals surface area contributed by atoms with E-state index in [0.29, 0.717) is 24.3 Å². The van der Waals surface area contributed by atoms with Crippen molar-refractivity contribution in [2.75, 3.05) is 19.6 Å². The third-order valence-electron chi connectivity index (χ3n) is 8.19. The molecule has 2 unspecified atom stereocenters. The van der Waals surface area contributed by atoms with E-state index in [4.69, 9.17) is 10.7 Å². The lowest BCUT2D eigenvalue weighted by Crippen LogP contribution is -2.45. The molecule has 2 amide bonds. The molecule has 0 radical (unpaired) electrons. The number of hydrogen-bond acceptors (Lipinski definition) is 4. The number of benzene rings is 1. The van der Waals surface area contributed by atoms with Crippen LogP contribution in [0.25, 0.3) is 0 Å². The number of aryl methyl sites for hydroxylation is 1. The molecule has 6 nitrogen and oxygen atoms in total. The van der Waals surface area contributed by atoms with Crippen LogP contribution in [0.1, 0.15) is 82.8 Å². The maximum Gasteiger partial charge on any atom is 0.257 e. The Morgan fingerprint density at radius 3 is 2.53 bits per heavy atom. The summed E-state index contributed by atoms with van der Waals surface area (Å²) in [6.07, 6.45) is 10.3. The number of likely N-dealkylation sites (tertiary alicyclic amines) is 1. The molecular weight excluding hydrogens is 424 g/mol. The number of hydrogen-bond donors (Lipinski definition) is 1. The van der Waals surface area contributed by atoms with E-state index in [2.05, 4.69) is 43.0 Å². The zero-order valence-corrected chi connectivity index (χ0v) is 21.1. The molecular formula is C28H42N4O2. The minimum absolute atomic E-state index is 0.0960. The summed E-state index contributed by atoms with van der Waals surface area (Å²) in [5, 5.41) is 0. The fourth-order valence-electron chi connectivity index (χ4n) is 6.03. The lowest BCUT2D eigenvalue weighted by atomic mass is 9.83. The van der Waals surface area contributed by atoms with Crippen molar-refractivity contribution in [3.63, 3.8) is 0 Å². The van der Waals surface area contributed by atoms with Crippen LogP contribution in [0.2, 0.25) is 0 Å². The Morgan fingerprint density at radius 1 is 1.12 bits per heavy atom. The molecule has 0 spiro atoms. The topological polar surface area (TPSA) is 79.0 Å². The molecule has 0 bridgehead atoms. The molecule has 1 aromatic rings. The van der Waals surface area contributed by atoms with Gasteiger partial charge in [-0.2, -0.15) is 0 Å². The first-order chi connectivity index (χ1) is 16.5. The summed E-state index contributed by atoms with van der Waals surface area (Å²) < 4.78 is 0. The molecule has 1 aromatic carbocycles. The largest absolute Gasteiger partial charge is 0.369 e. The number of carbonyl (C=O) groups excluding carboxylic acids is 2. The summed E-state index contributed by atoms with van der Waals surface area (Å²) in [4.78, 5) is 35.2. The van der Waals surface area contributed by atoms with E-state index in [1.54, 1.807) is 4.90 Å². The Balaban J connectivity index is 1.30. The molecule has 2 atom stereocenters. The fraction of sp³-hybridized carbons (Fsp3) is 0.679. The van der Waals surface area contributed by atoms with Gasteiger partial charge < -0.3 is 10.6 Å². The van der Waals surface area contributed by atoms with E-state index in [9.17, 15) is 9.59 Å². The van der Waals surface area contributed by atoms with E-state index in [1.165, 1.54) is 11.1 Å². The van der Waals surface area contributed by atoms with Crippen LogP contribution in [-0.2, 0) is 22.4 Å². The zero-order chi connectivity index (χ0) is 24.1. The van der Waals surface area contributed by atoms with Crippen LogP contribution in [0.4, 0.5) is 0 Å². The first-order valence-electron chi connectivity index (χ1n) is 13.5. The van der Waals surface area contributed by atoms with Crippen molar-refractivity contribution in [2.45, 2.75) is 90.0 Å². The van der Waals surface area contributed by atoms with Crippen LogP contribution >= 0.6 is 0 Å². The molecule has 34 heavy (non-hydrogen) atoms. The molecule has 4 rings (SSSR count). The number of rotatable bonds is 10. The summed E-state index contributed by atoms with van der Waals surface area (Å²) >= 11 is 0. The number of nitrogens with two attached hydrogens (primary N) is 1. The quantitative estimate of drug-likeness (QED) is 0.558. The molecule has 6 heteroatoms. The maximum absolute atomic E-state index is 13.4. The molecule has 3 aliphatic rings. The highest BCUT2D eigenvalue weighted by atomic mass is 16.2. The number of nitrogens with zero attached hydrogens (tertiary/aromatic N) is 3. The molecule has 2 N–H and O–H groups in total. The minimum atomic E-state index is -0.648. The van der Waals surface area contributed by atoms with Gasteiger partial charge in [0.2, 0.25) is 5.91 Å². The van der Waals surface area contributed by atoms with Crippen LogP contribution < -0.4 is 5.73 Å². The van der Waals surface area contributed by atoms with Gasteiger partial charge in [0.05, 0.1) is 0 Å². The summed E-state index contributed by atoms with van der Waals surface area (Å²) in [6, 6.07) is 8.52. The highest BCUT2D eigenvalue weighted by Gasteiger charge is 2.46. The van der Waals surface area contributed by atoms with Crippen molar-refractivity contribution in [1.82, 2.24) is 9.80 Å². The number of guanidine groups is 1. The van der Waals surface area contributed by atoms with Crippen molar-refractivity contribution in [2.24, 2.45) is 22.6 Å². The number of amides is 2. The smallest absolute Gasteiger partial charge is 0.257 e. The second-order valence-electron chi connectivity index (χ2n) is 10.6. The summed E-state index contributed by atoms with van der Waals surface area (Å²) in [5.41, 5.74) is 8.36. The second kappa shape index (κ2) is 10.9. The SMILES string of the molecule is CCCCC1(CCCC)N=C(N)N(CCC2CCN(C(=O)C3CCc4ccccc4C3)C2)C1=O. The van der Waals surface area contributed by atoms with Crippen molar-refractivity contribution in [3.05, 3.63) is 35.4 Å². The van der Waals surface area contributed by atoms with Gasteiger partial charge in [-0.3, -0.25) is 14.5 Å². The molecule has 186 valence electrons. The fourth-order valence-corrected chi connectivity index (χ4v) is 6.03. The lowest BCUT2D eigenvalue weighted by molar-refractivity contribution is -0.135. The van der Waals surface area contributed by atoms with Crippen LogP contribution in [0.3, 0.4) is 0 Å². The minimum Gasteiger partial charge on any atom is -0.369 e. The van der Waals surface area contributed by atoms with Gasteiger partial charge >= 0.3 is 0 Å². The highest BCUT2D eigenvalue weighted by Crippen LogP contribution is 2.34. The van der Waals surface area contributed by atoms with E-state index in [-0.39, 0.29) is 11.8 Å². The third-order valence-corrected chi connectivity index (χ3v) is 8.19. The standard InChI is InChI=1S/C28H42N4O2/c1-3-5-15-28(16-6-4-2)26(34)32(27(29)30-28)18-14-21-13-17-31(20-21)25(33)24-12-11-22-9-7-8-10-23(22)19-24/h7-10,21,24H,3-6,11-20H2,1-2H3,(H2,29,30). The van der Waals surface area contributed by atoms with E-state index in [1.807, 2.05) is 0 Å².